The normalized spacial score (nSPS) is 10.8. The van der Waals surface area contributed by atoms with Crippen molar-refractivity contribution in [3.8, 4) is 0 Å². The predicted octanol–water partition coefficient (Wildman–Crippen LogP) is 2.56. The molecule has 84 valence electrons. The molecule has 16 heavy (non-hydrogen) atoms. The SMILES string of the molecule is COC(=O)c1[nH]c2nc(C)cc(F)c2c1Br. The Kier molecular flexibility index (Phi) is 2.67. The van der Waals surface area contributed by atoms with E-state index in [9.17, 15) is 9.18 Å². The second-order valence-electron chi connectivity index (χ2n) is 3.27. The van der Waals surface area contributed by atoms with Crippen molar-refractivity contribution in [2.24, 2.45) is 0 Å². The predicted molar refractivity (Wildman–Crippen MR) is 59.8 cm³/mol. The lowest BCUT2D eigenvalue weighted by Gasteiger charge is -1.95. The van der Waals surface area contributed by atoms with Crippen LogP contribution in [0.4, 0.5) is 4.39 Å². The molecular formula is C10H8BrFN2O2. The summed E-state index contributed by atoms with van der Waals surface area (Å²) < 4.78 is 18.5. The van der Waals surface area contributed by atoms with Gasteiger partial charge in [0.1, 0.15) is 17.2 Å². The molecule has 2 rings (SSSR count). The van der Waals surface area contributed by atoms with Gasteiger partial charge in [-0.05, 0) is 28.9 Å². The van der Waals surface area contributed by atoms with E-state index >= 15 is 0 Å². The fourth-order valence-corrected chi connectivity index (χ4v) is 2.11. The maximum atomic E-state index is 13.6. The van der Waals surface area contributed by atoms with Crippen LogP contribution >= 0.6 is 15.9 Å². The first-order valence-electron chi connectivity index (χ1n) is 4.47. The van der Waals surface area contributed by atoms with Crippen molar-refractivity contribution in [2.45, 2.75) is 6.92 Å². The third-order valence-corrected chi connectivity index (χ3v) is 2.96. The van der Waals surface area contributed by atoms with E-state index in [0.29, 0.717) is 15.8 Å². The number of methoxy groups -OCH3 is 1. The molecule has 0 bridgehead atoms. The molecule has 0 spiro atoms. The van der Waals surface area contributed by atoms with Crippen molar-refractivity contribution in [3.63, 3.8) is 0 Å². The number of hydrogen-bond acceptors (Lipinski definition) is 3. The molecule has 2 heterocycles. The van der Waals surface area contributed by atoms with E-state index in [-0.39, 0.29) is 11.1 Å². The maximum absolute atomic E-state index is 13.6. The van der Waals surface area contributed by atoms with Gasteiger partial charge in [0, 0.05) is 5.69 Å². The van der Waals surface area contributed by atoms with Crippen molar-refractivity contribution in [1.82, 2.24) is 9.97 Å². The fraction of sp³-hybridized carbons (Fsp3) is 0.200. The quantitative estimate of drug-likeness (QED) is 0.820. The number of carbonyl (C=O) groups excluding carboxylic acids is 1. The topological polar surface area (TPSA) is 55.0 Å². The number of aromatic nitrogens is 2. The molecule has 0 saturated carbocycles. The van der Waals surface area contributed by atoms with Crippen molar-refractivity contribution < 1.29 is 13.9 Å². The summed E-state index contributed by atoms with van der Waals surface area (Å²) in [6.07, 6.45) is 0. The fourth-order valence-electron chi connectivity index (χ4n) is 1.47. The highest BCUT2D eigenvalue weighted by molar-refractivity contribution is 9.10. The molecule has 0 radical (unpaired) electrons. The van der Waals surface area contributed by atoms with Crippen LogP contribution in [0.5, 0.6) is 0 Å². The smallest absolute Gasteiger partial charge is 0.355 e. The first-order chi connectivity index (χ1) is 7.54. The van der Waals surface area contributed by atoms with Crippen molar-refractivity contribution in [2.75, 3.05) is 7.11 Å². The number of pyridine rings is 1. The van der Waals surface area contributed by atoms with E-state index < -0.39 is 11.8 Å². The standard InChI is InChI=1S/C10H8BrFN2O2/c1-4-3-5(12)6-7(11)8(10(15)16-2)14-9(6)13-4/h3H,1-2H3,(H,13,14). The zero-order chi connectivity index (χ0) is 11.9. The minimum absolute atomic E-state index is 0.162. The summed E-state index contributed by atoms with van der Waals surface area (Å²) in [6.45, 7) is 1.68. The van der Waals surface area contributed by atoms with E-state index in [4.69, 9.17) is 0 Å². The first kappa shape index (κ1) is 11.1. The first-order valence-corrected chi connectivity index (χ1v) is 5.26. The summed E-state index contributed by atoms with van der Waals surface area (Å²) in [5, 5.41) is 0.256. The Labute approximate surface area is 98.9 Å². The molecule has 0 aliphatic rings. The molecule has 0 unspecified atom stereocenters. The van der Waals surface area contributed by atoms with Gasteiger partial charge in [0.05, 0.1) is 17.0 Å². The number of hydrogen-bond donors (Lipinski definition) is 1. The second kappa shape index (κ2) is 3.86. The van der Waals surface area contributed by atoms with Gasteiger partial charge in [-0.15, -0.1) is 0 Å². The Bertz CT molecular complexity index is 580. The van der Waals surface area contributed by atoms with Gasteiger partial charge in [0.2, 0.25) is 0 Å². The van der Waals surface area contributed by atoms with Gasteiger partial charge in [-0.25, -0.2) is 14.2 Å². The van der Waals surface area contributed by atoms with Gasteiger partial charge in [0.15, 0.2) is 0 Å². The number of ether oxygens (including phenoxy) is 1. The van der Waals surface area contributed by atoms with Crippen LogP contribution in [0.2, 0.25) is 0 Å². The van der Waals surface area contributed by atoms with E-state index in [0.717, 1.165) is 0 Å². The number of carbonyl (C=O) groups is 1. The van der Waals surface area contributed by atoms with Crippen molar-refractivity contribution >= 4 is 32.9 Å². The highest BCUT2D eigenvalue weighted by atomic mass is 79.9. The van der Waals surface area contributed by atoms with Crippen LogP contribution in [0.25, 0.3) is 11.0 Å². The lowest BCUT2D eigenvalue weighted by Crippen LogP contribution is -2.01. The van der Waals surface area contributed by atoms with Crippen LogP contribution in [0, 0.1) is 12.7 Å². The number of esters is 1. The Balaban J connectivity index is 2.78. The molecule has 2 aromatic heterocycles. The molecule has 0 atom stereocenters. The summed E-state index contributed by atoms with van der Waals surface area (Å²) in [4.78, 5) is 18.2. The molecule has 0 aliphatic carbocycles. The number of nitrogens with one attached hydrogen (secondary N) is 1. The number of fused-ring (bicyclic) bond motifs is 1. The van der Waals surface area contributed by atoms with Gasteiger partial charge < -0.3 is 9.72 Å². The lowest BCUT2D eigenvalue weighted by molar-refractivity contribution is 0.0594. The minimum atomic E-state index is -0.568. The lowest BCUT2D eigenvalue weighted by atomic mass is 10.3. The molecule has 0 fully saturated rings. The molecule has 0 aliphatic heterocycles. The number of nitrogens with zero attached hydrogens (tertiary/aromatic N) is 1. The van der Waals surface area contributed by atoms with Gasteiger partial charge >= 0.3 is 5.97 Å². The molecule has 0 amide bonds. The van der Waals surface area contributed by atoms with Crippen LogP contribution in [0.15, 0.2) is 10.5 Å². The van der Waals surface area contributed by atoms with E-state index in [1.807, 2.05) is 0 Å². The summed E-state index contributed by atoms with van der Waals surface area (Å²) in [7, 11) is 1.26. The van der Waals surface area contributed by atoms with E-state index in [1.54, 1.807) is 6.92 Å². The Morgan fingerprint density at radius 3 is 2.94 bits per heavy atom. The van der Waals surface area contributed by atoms with Gasteiger partial charge in [-0.2, -0.15) is 0 Å². The van der Waals surface area contributed by atoms with E-state index in [1.165, 1.54) is 13.2 Å². The number of rotatable bonds is 1. The average molecular weight is 287 g/mol. The third kappa shape index (κ3) is 1.59. The summed E-state index contributed by atoms with van der Waals surface area (Å²) in [5.41, 5.74) is 1.02. The van der Waals surface area contributed by atoms with Crippen molar-refractivity contribution in [3.05, 3.63) is 27.7 Å². The molecular weight excluding hydrogens is 279 g/mol. The van der Waals surface area contributed by atoms with Crippen LogP contribution < -0.4 is 0 Å². The van der Waals surface area contributed by atoms with Gasteiger partial charge in [-0.1, -0.05) is 0 Å². The number of aryl methyl sites for hydroxylation is 1. The molecule has 4 nitrogen and oxygen atoms in total. The minimum Gasteiger partial charge on any atom is -0.464 e. The highest BCUT2D eigenvalue weighted by Crippen LogP contribution is 2.29. The van der Waals surface area contributed by atoms with Crippen LogP contribution in [-0.2, 0) is 4.74 Å². The highest BCUT2D eigenvalue weighted by Gasteiger charge is 2.19. The van der Waals surface area contributed by atoms with E-state index in [2.05, 4.69) is 30.6 Å². The number of aromatic amines is 1. The van der Waals surface area contributed by atoms with Crippen LogP contribution in [0.1, 0.15) is 16.2 Å². The summed E-state index contributed by atoms with van der Waals surface area (Å²) in [5.74, 6) is -0.997. The summed E-state index contributed by atoms with van der Waals surface area (Å²) >= 11 is 3.16. The Hall–Kier alpha value is -1.43. The molecule has 0 aromatic carbocycles. The zero-order valence-corrected chi connectivity index (χ0v) is 10.2. The Morgan fingerprint density at radius 2 is 2.31 bits per heavy atom. The second-order valence-corrected chi connectivity index (χ2v) is 4.07. The summed E-state index contributed by atoms with van der Waals surface area (Å²) in [6, 6.07) is 1.31. The van der Waals surface area contributed by atoms with Gasteiger partial charge in [-0.3, -0.25) is 0 Å². The maximum Gasteiger partial charge on any atom is 0.355 e. The number of halogens is 2. The molecule has 6 heteroatoms. The largest absolute Gasteiger partial charge is 0.464 e. The molecule has 0 saturated heterocycles. The monoisotopic (exact) mass is 286 g/mol. The van der Waals surface area contributed by atoms with Crippen molar-refractivity contribution in [1.29, 1.82) is 0 Å². The molecule has 2 aromatic rings. The zero-order valence-electron chi connectivity index (χ0n) is 8.60. The molecule has 1 N–H and O–H groups in total. The number of H-pyrrole nitrogens is 1. The van der Waals surface area contributed by atoms with Crippen LogP contribution in [0.3, 0.4) is 0 Å². The average Bonchev–Trinajstić information content (AvgIpc) is 2.54. The third-order valence-electron chi connectivity index (χ3n) is 2.17. The van der Waals surface area contributed by atoms with Crippen LogP contribution in [-0.4, -0.2) is 23.0 Å². The van der Waals surface area contributed by atoms with Gasteiger partial charge in [0.25, 0.3) is 0 Å². The Morgan fingerprint density at radius 1 is 1.62 bits per heavy atom.